The second kappa shape index (κ2) is 9.52. The molecule has 0 unspecified atom stereocenters. The Hall–Kier alpha value is -2.49. The minimum absolute atomic E-state index is 0.127. The summed E-state index contributed by atoms with van der Waals surface area (Å²) >= 11 is 1.82. The maximum absolute atomic E-state index is 5.59. The zero-order valence-electron chi connectivity index (χ0n) is 21.5. The van der Waals surface area contributed by atoms with Gasteiger partial charge in [-0.2, -0.15) is 5.10 Å². The summed E-state index contributed by atoms with van der Waals surface area (Å²) in [6.07, 6.45) is 8.26. The van der Waals surface area contributed by atoms with Crippen molar-refractivity contribution in [3.63, 3.8) is 0 Å². The number of aromatic nitrogens is 5. The number of hydrogen-bond acceptors (Lipinski definition) is 7. The minimum Gasteiger partial charge on any atom is -0.493 e. The number of aromatic amines is 1. The molecule has 1 aliphatic rings. The van der Waals surface area contributed by atoms with Crippen molar-refractivity contribution in [3.8, 4) is 17.0 Å². The van der Waals surface area contributed by atoms with Crippen LogP contribution in [0.25, 0.3) is 27.3 Å². The molecule has 9 heteroatoms. The zero-order valence-corrected chi connectivity index (χ0v) is 22.3. The van der Waals surface area contributed by atoms with E-state index in [2.05, 4.69) is 48.1 Å². The van der Waals surface area contributed by atoms with E-state index >= 15 is 0 Å². The first-order valence-corrected chi connectivity index (χ1v) is 13.3. The van der Waals surface area contributed by atoms with Crippen LogP contribution in [0.3, 0.4) is 0 Å². The number of hydrogen-bond donors (Lipinski definition) is 2. The van der Waals surface area contributed by atoms with Gasteiger partial charge in [-0.25, -0.2) is 14.5 Å². The molecule has 1 aliphatic carbocycles. The smallest absolute Gasteiger partial charge is 0.197 e. The molecular weight excluding hydrogens is 460 g/mol. The third-order valence-corrected chi connectivity index (χ3v) is 8.41. The van der Waals surface area contributed by atoms with E-state index in [0.717, 1.165) is 28.1 Å². The van der Waals surface area contributed by atoms with Gasteiger partial charge in [0.2, 0.25) is 0 Å². The lowest BCUT2D eigenvalue weighted by atomic mass is 9.86. The summed E-state index contributed by atoms with van der Waals surface area (Å²) in [6, 6.07) is 2.59. The monoisotopic (exact) mass is 496 g/mol. The van der Waals surface area contributed by atoms with E-state index in [-0.39, 0.29) is 5.60 Å². The lowest BCUT2D eigenvalue weighted by molar-refractivity contribution is 0.0199. The molecule has 8 nitrogen and oxygen atoms in total. The quantitative estimate of drug-likeness (QED) is 0.334. The summed E-state index contributed by atoms with van der Waals surface area (Å²) in [6.45, 7) is 9.60. The van der Waals surface area contributed by atoms with Crippen molar-refractivity contribution >= 4 is 27.3 Å². The fraction of sp³-hybridized carbons (Fsp3) is 0.577. The van der Waals surface area contributed by atoms with Gasteiger partial charge in [0.1, 0.15) is 16.7 Å². The first-order chi connectivity index (χ1) is 16.8. The standard InChI is InChI=1S/C26H36N6O2S/c1-15(2)20-21(17-11-19(33-5)23-28-14-29-32(23)12-17)30-25-22(20)31-24(35-25)16-7-9-18(10-8-16)27-13-26(3,4)34-6/h11-12,14-16,18,27,30H,7-10,13H2,1-6H3. The molecule has 4 aromatic heterocycles. The van der Waals surface area contributed by atoms with Crippen molar-refractivity contribution in [2.75, 3.05) is 20.8 Å². The van der Waals surface area contributed by atoms with Crippen LogP contribution in [-0.4, -0.2) is 57.0 Å². The highest BCUT2D eigenvalue weighted by atomic mass is 32.1. The van der Waals surface area contributed by atoms with Gasteiger partial charge in [0, 0.05) is 42.9 Å². The third-order valence-electron chi connectivity index (χ3n) is 7.28. The van der Waals surface area contributed by atoms with Crippen molar-refractivity contribution in [1.82, 2.24) is 29.9 Å². The summed E-state index contributed by atoms with van der Waals surface area (Å²) in [5.74, 6) is 1.57. The van der Waals surface area contributed by atoms with E-state index in [1.165, 1.54) is 36.3 Å². The number of H-pyrrole nitrogens is 1. The van der Waals surface area contributed by atoms with Crippen LogP contribution in [0.4, 0.5) is 0 Å². The summed E-state index contributed by atoms with van der Waals surface area (Å²) < 4.78 is 12.9. The molecule has 0 aliphatic heterocycles. The van der Waals surface area contributed by atoms with Gasteiger partial charge in [0.15, 0.2) is 11.4 Å². The van der Waals surface area contributed by atoms with Gasteiger partial charge in [0.05, 0.1) is 23.4 Å². The summed E-state index contributed by atoms with van der Waals surface area (Å²) in [5, 5.41) is 9.30. The minimum atomic E-state index is -0.127. The first kappa shape index (κ1) is 24.2. The van der Waals surface area contributed by atoms with Crippen LogP contribution in [0.5, 0.6) is 5.75 Å². The van der Waals surface area contributed by atoms with Crippen molar-refractivity contribution < 1.29 is 9.47 Å². The molecule has 0 aromatic carbocycles. The predicted molar refractivity (Wildman–Crippen MR) is 141 cm³/mol. The Kier molecular flexibility index (Phi) is 6.59. The van der Waals surface area contributed by atoms with Crippen molar-refractivity contribution in [1.29, 1.82) is 0 Å². The highest BCUT2D eigenvalue weighted by Crippen LogP contribution is 2.42. The Morgan fingerprint density at radius 2 is 2.00 bits per heavy atom. The number of methoxy groups -OCH3 is 2. The molecule has 1 saturated carbocycles. The van der Waals surface area contributed by atoms with Crippen LogP contribution in [0.1, 0.15) is 75.8 Å². The molecule has 188 valence electrons. The van der Waals surface area contributed by atoms with Crippen LogP contribution >= 0.6 is 11.3 Å². The topological polar surface area (TPSA) is 89.4 Å². The van der Waals surface area contributed by atoms with E-state index in [1.54, 1.807) is 25.1 Å². The van der Waals surface area contributed by atoms with Crippen LogP contribution in [0, 0.1) is 0 Å². The molecule has 1 fully saturated rings. The molecule has 35 heavy (non-hydrogen) atoms. The maximum atomic E-state index is 5.59. The van der Waals surface area contributed by atoms with Gasteiger partial charge < -0.3 is 19.8 Å². The number of rotatable bonds is 8. The highest BCUT2D eigenvalue weighted by Gasteiger charge is 2.28. The Balaban J connectivity index is 1.39. The van der Waals surface area contributed by atoms with Crippen molar-refractivity contribution in [3.05, 3.63) is 29.2 Å². The molecule has 0 saturated heterocycles. The second-order valence-electron chi connectivity index (χ2n) is 10.5. The molecule has 0 radical (unpaired) electrons. The van der Waals surface area contributed by atoms with Crippen molar-refractivity contribution in [2.45, 2.75) is 76.9 Å². The number of nitrogens with one attached hydrogen (secondary N) is 2. The average molecular weight is 497 g/mol. The van der Waals surface area contributed by atoms with Gasteiger partial charge in [-0.3, -0.25) is 0 Å². The van der Waals surface area contributed by atoms with Crippen LogP contribution in [0.15, 0.2) is 18.6 Å². The number of thiazole rings is 1. The van der Waals surface area contributed by atoms with E-state index in [4.69, 9.17) is 14.5 Å². The number of ether oxygens (including phenoxy) is 2. The van der Waals surface area contributed by atoms with Gasteiger partial charge in [-0.1, -0.05) is 13.8 Å². The normalized spacial score (nSPS) is 19.3. The summed E-state index contributed by atoms with van der Waals surface area (Å²) in [5.41, 5.74) is 5.06. The average Bonchev–Trinajstić information content (AvgIpc) is 3.56. The number of fused-ring (bicyclic) bond motifs is 2. The van der Waals surface area contributed by atoms with E-state index in [9.17, 15) is 0 Å². The SMILES string of the molecule is COc1cc(-c2[nH]c3sc(C4CCC(NCC(C)(C)OC)CC4)nc3c2C(C)C)cn2ncnc12. The number of pyridine rings is 1. The molecule has 4 heterocycles. The first-order valence-electron chi connectivity index (χ1n) is 12.5. The fourth-order valence-electron chi connectivity index (χ4n) is 5.06. The maximum Gasteiger partial charge on any atom is 0.197 e. The molecule has 0 amide bonds. The van der Waals surface area contributed by atoms with Crippen LogP contribution in [0.2, 0.25) is 0 Å². The van der Waals surface area contributed by atoms with Crippen molar-refractivity contribution in [2.24, 2.45) is 0 Å². The number of nitrogens with zero attached hydrogens (tertiary/aromatic N) is 4. The molecule has 4 aromatic rings. The highest BCUT2D eigenvalue weighted by molar-refractivity contribution is 7.18. The van der Waals surface area contributed by atoms with Gasteiger partial charge >= 0.3 is 0 Å². The molecule has 2 N–H and O–H groups in total. The molecule has 5 rings (SSSR count). The third kappa shape index (κ3) is 4.69. The molecule has 0 spiro atoms. The fourth-order valence-corrected chi connectivity index (χ4v) is 6.21. The Labute approximate surface area is 210 Å². The van der Waals surface area contributed by atoms with Gasteiger partial charge in [0.25, 0.3) is 0 Å². The van der Waals surface area contributed by atoms with E-state index in [0.29, 0.717) is 29.3 Å². The van der Waals surface area contributed by atoms with E-state index < -0.39 is 0 Å². The Morgan fingerprint density at radius 1 is 1.23 bits per heavy atom. The molecular formula is C26H36N6O2S. The van der Waals surface area contributed by atoms with Crippen LogP contribution < -0.4 is 10.1 Å². The van der Waals surface area contributed by atoms with Gasteiger partial charge in [-0.05, 0) is 51.5 Å². The van der Waals surface area contributed by atoms with E-state index in [1.807, 2.05) is 23.6 Å². The second-order valence-corrected chi connectivity index (χ2v) is 11.5. The Bertz CT molecular complexity index is 1310. The Morgan fingerprint density at radius 3 is 2.69 bits per heavy atom. The summed E-state index contributed by atoms with van der Waals surface area (Å²) in [7, 11) is 3.45. The summed E-state index contributed by atoms with van der Waals surface area (Å²) in [4.78, 5) is 14.4. The lowest BCUT2D eigenvalue weighted by Crippen LogP contribution is -2.43. The predicted octanol–water partition coefficient (Wildman–Crippen LogP) is 5.51. The molecule has 0 bridgehead atoms. The molecule has 0 atom stereocenters. The van der Waals surface area contributed by atoms with Gasteiger partial charge in [-0.15, -0.1) is 11.3 Å². The zero-order chi connectivity index (χ0) is 24.7. The largest absolute Gasteiger partial charge is 0.493 e. The lowest BCUT2D eigenvalue weighted by Gasteiger charge is -2.31. The van der Waals surface area contributed by atoms with Crippen LogP contribution in [-0.2, 0) is 4.74 Å².